The summed E-state index contributed by atoms with van der Waals surface area (Å²) in [6, 6.07) is 16.7. The number of aliphatic hydroxyl groups excluding tert-OH is 1. The number of benzene rings is 2. The lowest BCUT2D eigenvalue weighted by Crippen LogP contribution is -2.30. The van der Waals surface area contributed by atoms with Gasteiger partial charge in [0.05, 0.1) is 24.3 Å². The number of nitrogens with zero attached hydrogens (tertiary/aromatic N) is 2. The molecule has 184 valence electrons. The molecule has 4 rings (SSSR count). The minimum Gasteiger partial charge on any atom is -0.507 e. The van der Waals surface area contributed by atoms with Gasteiger partial charge < -0.3 is 9.84 Å². The van der Waals surface area contributed by atoms with Crippen molar-refractivity contribution in [2.75, 3.05) is 12.0 Å². The van der Waals surface area contributed by atoms with Crippen molar-refractivity contribution >= 4 is 29.2 Å². The molecule has 36 heavy (non-hydrogen) atoms. The van der Waals surface area contributed by atoms with E-state index in [2.05, 4.69) is 25.8 Å². The summed E-state index contributed by atoms with van der Waals surface area (Å²) in [4.78, 5) is 44.0. The number of hydrogen-bond donors (Lipinski definition) is 1. The first-order valence-electron chi connectivity index (χ1n) is 11.6. The van der Waals surface area contributed by atoms with Crippen LogP contribution in [0.4, 0.5) is 5.82 Å². The maximum Gasteiger partial charge on any atom is 0.339 e. The van der Waals surface area contributed by atoms with Crippen molar-refractivity contribution in [3.63, 3.8) is 0 Å². The summed E-state index contributed by atoms with van der Waals surface area (Å²) in [5.74, 6) is -2.27. The first kappa shape index (κ1) is 24.9. The smallest absolute Gasteiger partial charge is 0.339 e. The van der Waals surface area contributed by atoms with Gasteiger partial charge in [0.1, 0.15) is 11.6 Å². The molecule has 1 amide bonds. The normalized spacial score (nSPS) is 17.4. The number of aryl methyl sites for hydroxylation is 1. The van der Waals surface area contributed by atoms with Gasteiger partial charge in [-0.3, -0.25) is 14.5 Å². The van der Waals surface area contributed by atoms with E-state index in [1.54, 1.807) is 12.1 Å². The van der Waals surface area contributed by atoms with Gasteiger partial charge in [0.2, 0.25) is 0 Å². The van der Waals surface area contributed by atoms with Crippen molar-refractivity contribution in [2.45, 2.75) is 39.2 Å². The van der Waals surface area contributed by atoms with Gasteiger partial charge in [-0.25, -0.2) is 9.78 Å². The summed E-state index contributed by atoms with van der Waals surface area (Å²) in [5.41, 5.74) is 3.26. The number of amides is 1. The Kier molecular flexibility index (Phi) is 6.50. The number of hydrogen-bond acceptors (Lipinski definition) is 6. The highest BCUT2D eigenvalue weighted by Crippen LogP contribution is 2.42. The number of Topliss-reactive ketones (excluding diaryl/α,β-unsaturated/α-hetero) is 1. The number of anilines is 1. The van der Waals surface area contributed by atoms with E-state index >= 15 is 0 Å². The number of carbonyl (C=O) groups excluding carboxylic acids is 3. The van der Waals surface area contributed by atoms with Crippen LogP contribution in [0, 0.1) is 6.92 Å². The molecule has 0 aliphatic carbocycles. The predicted octanol–water partition coefficient (Wildman–Crippen LogP) is 5.10. The Morgan fingerprint density at radius 3 is 2.08 bits per heavy atom. The van der Waals surface area contributed by atoms with E-state index in [0.29, 0.717) is 11.1 Å². The van der Waals surface area contributed by atoms with Gasteiger partial charge in [0.25, 0.3) is 5.78 Å². The molecule has 0 radical (unpaired) electrons. The maximum absolute atomic E-state index is 13.3. The van der Waals surface area contributed by atoms with Crippen LogP contribution in [-0.2, 0) is 19.7 Å². The monoisotopic (exact) mass is 484 g/mol. The molecule has 0 saturated carbocycles. The summed E-state index contributed by atoms with van der Waals surface area (Å²) in [6.07, 6.45) is 1.29. The molecule has 7 nitrogen and oxygen atoms in total. The number of ether oxygens (including phenoxy) is 1. The Balaban J connectivity index is 1.89. The zero-order valence-electron chi connectivity index (χ0n) is 20.9. The molecule has 1 aliphatic heterocycles. The lowest BCUT2D eigenvalue weighted by Gasteiger charge is -2.26. The van der Waals surface area contributed by atoms with Gasteiger partial charge in [-0.1, -0.05) is 74.9 Å². The highest BCUT2D eigenvalue weighted by atomic mass is 16.5. The van der Waals surface area contributed by atoms with E-state index in [1.807, 2.05) is 43.3 Å². The fourth-order valence-electron chi connectivity index (χ4n) is 4.18. The lowest BCUT2D eigenvalue weighted by molar-refractivity contribution is -0.132. The molecule has 1 aromatic heterocycles. The van der Waals surface area contributed by atoms with Gasteiger partial charge in [-0.05, 0) is 35.6 Å². The average molecular weight is 485 g/mol. The summed E-state index contributed by atoms with van der Waals surface area (Å²) in [7, 11) is 1.26. The van der Waals surface area contributed by atoms with Gasteiger partial charge >= 0.3 is 11.9 Å². The van der Waals surface area contributed by atoms with Gasteiger partial charge in [-0.15, -0.1) is 0 Å². The SMILES string of the molecule is COC(=O)c1ccc(N2C(=O)C(=O)C(=C(O)c3ccc(C)cc3)C2c2ccc(C(C)(C)C)cc2)nc1. The molecule has 1 aliphatic rings. The molecule has 1 N–H and O–H groups in total. The van der Waals surface area contributed by atoms with E-state index in [0.717, 1.165) is 11.1 Å². The number of pyridine rings is 1. The molecule has 1 atom stereocenters. The third kappa shape index (κ3) is 4.52. The van der Waals surface area contributed by atoms with Gasteiger partial charge in [-0.2, -0.15) is 0 Å². The standard InChI is InChI=1S/C29H28N2O5/c1-17-6-8-19(9-7-17)25(32)23-24(18-10-13-21(14-11-18)29(2,3)4)31(27(34)26(23)33)22-15-12-20(16-30-22)28(35)36-5/h6-16,24,32H,1-5H3. The van der Waals surface area contributed by atoms with Crippen LogP contribution in [-0.4, -0.2) is 34.9 Å². The summed E-state index contributed by atoms with van der Waals surface area (Å²) in [6.45, 7) is 8.21. The summed E-state index contributed by atoms with van der Waals surface area (Å²) < 4.78 is 4.72. The van der Waals surface area contributed by atoms with Crippen molar-refractivity contribution in [3.8, 4) is 0 Å². The first-order chi connectivity index (χ1) is 17.0. The van der Waals surface area contributed by atoms with E-state index in [-0.39, 0.29) is 28.1 Å². The van der Waals surface area contributed by atoms with Crippen LogP contribution in [0.3, 0.4) is 0 Å². The number of rotatable bonds is 4. The van der Waals surface area contributed by atoms with Crippen molar-refractivity contribution in [1.82, 2.24) is 4.98 Å². The van der Waals surface area contributed by atoms with Crippen LogP contribution < -0.4 is 4.90 Å². The molecule has 1 unspecified atom stereocenters. The second-order valence-electron chi connectivity index (χ2n) is 9.80. The molecular formula is C29H28N2O5. The van der Waals surface area contributed by atoms with Crippen molar-refractivity contribution in [2.24, 2.45) is 0 Å². The number of methoxy groups -OCH3 is 1. The van der Waals surface area contributed by atoms with E-state index in [9.17, 15) is 19.5 Å². The second kappa shape index (κ2) is 9.41. The molecule has 0 bridgehead atoms. The Labute approximate surface area is 210 Å². The molecule has 0 spiro atoms. The molecular weight excluding hydrogens is 456 g/mol. The Bertz CT molecular complexity index is 1350. The van der Waals surface area contributed by atoms with E-state index in [1.165, 1.54) is 30.3 Å². The minimum absolute atomic E-state index is 0.0220. The number of esters is 1. The van der Waals surface area contributed by atoms with E-state index < -0.39 is 23.7 Å². The van der Waals surface area contributed by atoms with Crippen molar-refractivity contribution in [1.29, 1.82) is 0 Å². The lowest BCUT2D eigenvalue weighted by atomic mass is 9.85. The Morgan fingerprint density at radius 2 is 1.56 bits per heavy atom. The topological polar surface area (TPSA) is 96.8 Å². The molecule has 2 aromatic carbocycles. The predicted molar refractivity (Wildman–Crippen MR) is 137 cm³/mol. The number of ketones is 1. The molecule has 3 aromatic rings. The third-order valence-corrected chi connectivity index (χ3v) is 6.28. The zero-order valence-corrected chi connectivity index (χ0v) is 20.9. The summed E-state index contributed by atoms with van der Waals surface area (Å²) in [5, 5.41) is 11.2. The molecule has 1 saturated heterocycles. The largest absolute Gasteiger partial charge is 0.507 e. The van der Waals surface area contributed by atoms with Gasteiger partial charge in [0.15, 0.2) is 0 Å². The second-order valence-corrected chi connectivity index (χ2v) is 9.80. The van der Waals surface area contributed by atoms with E-state index in [4.69, 9.17) is 4.74 Å². The highest BCUT2D eigenvalue weighted by molar-refractivity contribution is 6.51. The molecule has 1 fully saturated rings. The van der Waals surface area contributed by atoms with Gasteiger partial charge in [0, 0.05) is 11.8 Å². The number of aromatic nitrogens is 1. The molecule has 7 heteroatoms. The summed E-state index contributed by atoms with van der Waals surface area (Å²) >= 11 is 0. The van der Waals surface area contributed by atoms with Crippen LogP contribution in [0.25, 0.3) is 5.76 Å². The fourth-order valence-corrected chi connectivity index (χ4v) is 4.18. The Hall–Kier alpha value is -4.26. The van der Waals surface area contributed by atoms with Crippen LogP contribution in [0.2, 0.25) is 0 Å². The van der Waals surface area contributed by atoms with Crippen molar-refractivity contribution < 1.29 is 24.2 Å². The van der Waals surface area contributed by atoms with Crippen LogP contribution >= 0.6 is 0 Å². The van der Waals surface area contributed by atoms with Crippen LogP contribution in [0.15, 0.2) is 72.4 Å². The molecule has 2 heterocycles. The van der Waals surface area contributed by atoms with Crippen molar-refractivity contribution in [3.05, 3.63) is 100 Å². The fraction of sp³-hybridized carbons (Fsp3) is 0.241. The number of aliphatic hydroxyl groups is 1. The minimum atomic E-state index is -0.906. The maximum atomic E-state index is 13.3. The van der Waals surface area contributed by atoms with Crippen LogP contribution in [0.5, 0.6) is 0 Å². The Morgan fingerprint density at radius 1 is 0.944 bits per heavy atom. The average Bonchev–Trinajstić information content (AvgIpc) is 3.13. The third-order valence-electron chi connectivity index (χ3n) is 6.28. The zero-order chi connectivity index (χ0) is 26.2. The quantitative estimate of drug-likeness (QED) is 0.240. The highest BCUT2D eigenvalue weighted by Gasteiger charge is 2.47. The number of carbonyl (C=O) groups is 3. The first-order valence-corrected chi connectivity index (χ1v) is 11.6. The van der Waals surface area contributed by atoms with Crippen LogP contribution in [0.1, 0.15) is 59.4 Å².